The predicted octanol–water partition coefficient (Wildman–Crippen LogP) is 4.41. The Balaban J connectivity index is 1.60. The Bertz CT molecular complexity index is 1250. The van der Waals surface area contributed by atoms with E-state index in [-0.39, 0.29) is 35.6 Å². The highest BCUT2D eigenvalue weighted by atomic mass is 32.2. The van der Waals surface area contributed by atoms with Crippen LogP contribution < -0.4 is 5.73 Å². The second-order valence-corrected chi connectivity index (χ2v) is 12.8. The van der Waals surface area contributed by atoms with Gasteiger partial charge in [0, 0.05) is 12.5 Å². The zero-order chi connectivity index (χ0) is 25.5. The number of nitrogen functional groups attached to an aromatic ring is 1. The number of hydrogen-bond donors (Lipinski definition) is 1. The van der Waals surface area contributed by atoms with Crippen LogP contribution in [0.25, 0.3) is 0 Å². The summed E-state index contributed by atoms with van der Waals surface area (Å²) in [5.74, 6) is -1.28. The fourth-order valence-electron chi connectivity index (χ4n) is 5.09. The van der Waals surface area contributed by atoms with Crippen molar-refractivity contribution in [2.75, 3.05) is 17.2 Å². The van der Waals surface area contributed by atoms with Crippen molar-refractivity contribution in [1.29, 1.82) is 0 Å². The molecule has 6 nitrogen and oxygen atoms in total. The number of hydrogen-bond acceptors (Lipinski definition) is 5. The lowest BCUT2D eigenvalue weighted by molar-refractivity contribution is 0.0969. The lowest BCUT2D eigenvalue weighted by Crippen LogP contribution is -2.51. The molecule has 2 heterocycles. The number of fused-ring (bicyclic) bond motifs is 1. The van der Waals surface area contributed by atoms with Gasteiger partial charge >= 0.3 is 6.09 Å². The highest BCUT2D eigenvalue weighted by Crippen LogP contribution is 2.36. The van der Waals surface area contributed by atoms with E-state index >= 15 is 0 Å². The van der Waals surface area contributed by atoms with Crippen LogP contribution in [0.15, 0.2) is 49.1 Å². The molecule has 188 valence electrons. The Hall–Kier alpha value is -2.87. The van der Waals surface area contributed by atoms with Crippen molar-refractivity contribution >= 4 is 21.6 Å². The summed E-state index contributed by atoms with van der Waals surface area (Å²) in [6.45, 7) is 10.3. The molecule has 0 aliphatic carbocycles. The van der Waals surface area contributed by atoms with E-state index < -0.39 is 39.8 Å². The van der Waals surface area contributed by atoms with E-state index in [1.807, 2.05) is 24.3 Å². The molecule has 2 aliphatic rings. The summed E-state index contributed by atoms with van der Waals surface area (Å²) in [5, 5.41) is 0. The molecule has 8 heteroatoms. The predicted molar refractivity (Wildman–Crippen MR) is 135 cm³/mol. The molecule has 0 aromatic heterocycles. The van der Waals surface area contributed by atoms with E-state index in [0.29, 0.717) is 17.5 Å². The van der Waals surface area contributed by atoms with Crippen molar-refractivity contribution in [2.24, 2.45) is 5.92 Å². The van der Waals surface area contributed by atoms with Crippen molar-refractivity contribution < 1.29 is 22.3 Å². The summed E-state index contributed by atoms with van der Waals surface area (Å²) in [4.78, 5) is 14.4. The van der Waals surface area contributed by atoms with E-state index in [1.165, 1.54) is 11.0 Å². The summed E-state index contributed by atoms with van der Waals surface area (Å²) in [6, 6.07) is 10.5. The molecule has 0 bridgehead atoms. The van der Waals surface area contributed by atoms with Crippen LogP contribution in [0.1, 0.15) is 43.0 Å². The largest absolute Gasteiger partial charge is 0.444 e. The summed E-state index contributed by atoms with van der Waals surface area (Å²) >= 11 is 0. The Morgan fingerprint density at radius 2 is 1.94 bits per heavy atom. The van der Waals surface area contributed by atoms with E-state index in [4.69, 9.17) is 10.5 Å². The van der Waals surface area contributed by atoms with Crippen LogP contribution in [-0.4, -0.2) is 43.1 Å². The molecule has 2 fully saturated rings. The Morgan fingerprint density at radius 3 is 2.63 bits per heavy atom. The van der Waals surface area contributed by atoms with Gasteiger partial charge in [-0.1, -0.05) is 57.2 Å². The maximum absolute atomic E-state index is 14.4. The molecular formula is C27H33FN2O4S. The van der Waals surface area contributed by atoms with Crippen molar-refractivity contribution in [3.63, 3.8) is 0 Å². The Labute approximate surface area is 206 Å². The molecule has 0 spiro atoms. The molecule has 3 atom stereocenters. The molecule has 0 radical (unpaired) electrons. The quantitative estimate of drug-likeness (QED) is 0.469. The highest BCUT2D eigenvalue weighted by molar-refractivity contribution is 7.91. The van der Waals surface area contributed by atoms with E-state index in [9.17, 15) is 17.6 Å². The summed E-state index contributed by atoms with van der Waals surface area (Å²) in [7, 11) is -3.43. The highest BCUT2D eigenvalue weighted by Gasteiger charge is 2.51. The van der Waals surface area contributed by atoms with Gasteiger partial charge in [-0.15, -0.1) is 6.58 Å². The molecule has 1 amide bonds. The maximum Gasteiger partial charge on any atom is 0.410 e. The van der Waals surface area contributed by atoms with Gasteiger partial charge in [-0.05, 0) is 46.6 Å². The third-order valence-corrected chi connectivity index (χ3v) is 8.68. The minimum Gasteiger partial charge on any atom is -0.444 e. The summed E-state index contributed by atoms with van der Waals surface area (Å²) < 4.78 is 45.9. The topological polar surface area (TPSA) is 89.7 Å². The second kappa shape index (κ2) is 9.30. The number of halogens is 1. The van der Waals surface area contributed by atoms with Gasteiger partial charge in [-0.2, -0.15) is 0 Å². The van der Waals surface area contributed by atoms with Crippen LogP contribution >= 0.6 is 0 Å². The van der Waals surface area contributed by atoms with Gasteiger partial charge in [-0.3, -0.25) is 4.90 Å². The van der Waals surface area contributed by atoms with Crippen molar-refractivity contribution in [1.82, 2.24) is 4.90 Å². The molecule has 2 aromatic rings. The number of nitrogens with zero attached hydrogens (tertiary/aromatic N) is 1. The van der Waals surface area contributed by atoms with Crippen LogP contribution in [0.2, 0.25) is 0 Å². The minimum atomic E-state index is -3.43. The third kappa shape index (κ3) is 5.37. The number of carbonyl (C=O) groups excluding carboxylic acids is 1. The van der Waals surface area contributed by atoms with Crippen molar-refractivity contribution in [3.05, 3.63) is 77.1 Å². The number of ether oxygens (including phenoxy) is 1. The average molecular weight is 501 g/mol. The Kier molecular flexibility index (Phi) is 6.70. The first-order valence-corrected chi connectivity index (χ1v) is 13.6. The van der Waals surface area contributed by atoms with Gasteiger partial charge < -0.3 is 10.5 Å². The van der Waals surface area contributed by atoms with Gasteiger partial charge in [0.1, 0.15) is 11.9 Å². The fraction of sp³-hybridized carbons (Fsp3) is 0.444. The number of allylic oxidation sites excluding steroid dienone is 1. The number of sulfone groups is 1. The molecule has 35 heavy (non-hydrogen) atoms. The fourth-order valence-corrected chi connectivity index (χ4v) is 7.08. The Morgan fingerprint density at radius 1 is 1.20 bits per heavy atom. The molecule has 2 saturated heterocycles. The lowest BCUT2D eigenvalue weighted by atomic mass is 9.86. The number of nitrogens with two attached hydrogens (primary N) is 1. The summed E-state index contributed by atoms with van der Waals surface area (Å²) in [5.41, 5.74) is 9.15. The number of benzene rings is 2. The molecule has 0 saturated carbocycles. The molecule has 2 N–H and O–H groups in total. The molecule has 4 rings (SSSR count). The van der Waals surface area contributed by atoms with Gasteiger partial charge in [-0.25, -0.2) is 17.6 Å². The van der Waals surface area contributed by atoms with Crippen LogP contribution in [0.5, 0.6) is 0 Å². The standard InChI is InChI=1S/C27H33FN2O4S/c1-5-7-19-10-18(13-22(28)24(19)29)11-20-15-35(32,33)16-23-25(20)34-26(31)30(23)14-17-8-6-9-21(12-17)27(2,3)4/h5-6,8-10,12-13,20,23,25H,1,7,11,14-16,29H2,2-4H3/t20-,23+,25+/m1/s1. The van der Waals surface area contributed by atoms with E-state index in [2.05, 4.69) is 27.4 Å². The zero-order valence-electron chi connectivity index (χ0n) is 20.5. The van der Waals surface area contributed by atoms with E-state index in [1.54, 1.807) is 12.1 Å². The SMILES string of the molecule is C=CCc1cc(C[C@@H]2CS(=O)(=O)C[C@H]3[C@H]2OC(=O)N3Cc2cccc(C(C)(C)C)c2)cc(F)c1N. The third-order valence-electron chi connectivity index (χ3n) is 6.89. The number of anilines is 1. The first kappa shape index (κ1) is 25.2. The second-order valence-electron chi connectivity index (χ2n) is 10.7. The van der Waals surface area contributed by atoms with Gasteiger partial charge in [0.05, 0.1) is 23.2 Å². The normalized spacial score (nSPS) is 23.6. The van der Waals surface area contributed by atoms with Gasteiger partial charge in [0.2, 0.25) is 0 Å². The average Bonchev–Trinajstić information content (AvgIpc) is 3.06. The first-order valence-electron chi connectivity index (χ1n) is 11.8. The minimum absolute atomic E-state index is 0.0534. The van der Waals surface area contributed by atoms with Crippen LogP contribution in [-0.2, 0) is 39.4 Å². The van der Waals surface area contributed by atoms with Crippen LogP contribution in [0.3, 0.4) is 0 Å². The number of amides is 1. The monoisotopic (exact) mass is 500 g/mol. The molecule has 2 aliphatic heterocycles. The summed E-state index contributed by atoms with van der Waals surface area (Å²) in [6.07, 6.45) is 1.21. The number of rotatable bonds is 6. The molecule has 0 unspecified atom stereocenters. The molecule has 2 aromatic carbocycles. The van der Waals surface area contributed by atoms with E-state index in [0.717, 1.165) is 11.1 Å². The van der Waals surface area contributed by atoms with Crippen LogP contribution in [0, 0.1) is 11.7 Å². The zero-order valence-corrected chi connectivity index (χ0v) is 21.3. The first-order chi connectivity index (χ1) is 16.4. The van der Waals surface area contributed by atoms with Crippen molar-refractivity contribution in [3.8, 4) is 0 Å². The lowest BCUT2D eigenvalue weighted by Gasteiger charge is -2.34. The van der Waals surface area contributed by atoms with Crippen molar-refractivity contribution in [2.45, 2.75) is 57.7 Å². The smallest absolute Gasteiger partial charge is 0.410 e. The number of carbonyl (C=O) groups is 1. The van der Waals surface area contributed by atoms with Crippen LogP contribution in [0.4, 0.5) is 14.9 Å². The molecular weight excluding hydrogens is 467 g/mol. The van der Waals surface area contributed by atoms with Gasteiger partial charge in [0.15, 0.2) is 9.84 Å². The van der Waals surface area contributed by atoms with Gasteiger partial charge in [0.25, 0.3) is 0 Å². The maximum atomic E-state index is 14.4.